The Bertz CT molecular complexity index is 1030. The van der Waals surface area contributed by atoms with Gasteiger partial charge in [0.25, 0.3) is 0 Å². The Balaban J connectivity index is 2.50. The van der Waals surface area contributed by atoms with Crippen LogP contribution in [0.25, 0.3) is 0 Å². The molecule has 0 aliphatic heterocycles. The maximum atomic E-state index is 14.4. The Morgan fingerprint density at radius 1 is 1.13 bits per heavy atom. The highest BCUT2D eigenvalue weighted by Gasteiger charge is 2.49. The quantitative estimate of drug-likeness (QED) is 0.372. The first-order valence-electron chi connectivity index (χ1n) is 14.0. The van der Waals surface area contributed by atoms with Crippen molar-refractivity contribution in [1.29, 1.82) is 0 Å². The highest BCUT2D eigenvalue weighted by molar-refractivity contribution is 5.93. The van der Waals surface area contributed by atoms with Crippen LogP contribution in [0.1, 0.15) is 90.5 Å². The van der Waals surface area contributed by atoms with E-state index in [1.165, 1.54) is 0 Å². The summed E-state index contributed by atoms with van der Waals surface area (Å²) >= 11 is 0. The van der Waals surface area contributed by atoms with Crippen molar-refractivity contribution in [2.45, 2.75) is 105 Å². The molecule has 218 valence electrons. The first-order chi connectivity index (χ1) is 18.2. The first-order valence-corrected chi connectivity index (χ1v) is 14.0. The van der Waals surface area contributed by atoms with E-state index in [0.29, 0.717) is 6.42 Å². The Kier molecular flexibility index (Phi) is 11.4. The average Bonchev–Trinajstić information content (AvgIpc) is 3.56. The van der Waals surface area contributed by atoms with Crippen molar-refractivity contribution < 1.29 is 28.7 Å². The number of rotatable bonds is 12. The molecule has 0 radical (unpaired) electrons. The standard InChI is InChI=1S/C30H47N3O6/c1-10-19(4)25(32-29(37)39-30(7,8)9)28(36)33(23-17-21(23)6)26(22-16-18(3)12-13-20(22)5)27(35)31-15-14-24(34)38-11-2/h12-13,16,19,21,23,25-26H,10-11,14-15,17H2,1-9H3,(H,31,35)(H,32,37). The number of esters is 1. The molecule has 1 aromatic rings. The fourth-order valence-electron chi connectivity index (χ4n) is 4.54. The molecule has 1 aliphatic carbocycles. The summed E-state index contributed by atoms with van der Waals surface area (Å²) in [6.45, 7) is 17.1. The zero-order valence-electron chi connectivity index (χ0n) is 25.1. The molecule has 5 unspecified atom stereocenters. The van der Waals surface area contributed by atoms with Gasteiger partial charge in [-0.15, -0.1) is 0 Å². The van der Waals surface area contributed by atoms with Gasteiger partial charge in [0.05, 0.1) is 13.0 Å². The monoisotopic (exact) mass is 545 g/mol. The lowest BCUT2D eigenvalue weighted by molar-refractivity contribution is -0.145. The summed E-state index contributed by atoms with van der Waals surface area (Å²) in [6.07, 6.45) is 0.748. The molecule has 2 N–H and O–H groups in total. The minimum Gasteiger partial charge on any atom is -0.466 e. The van der Waals surface area contributed by atoms with Crippen molar-refractivity contribution in [3.63, 3.8) is 0 Å². The molecule has 0 aromatic heterocycles. The molecule has 2 rings (SSSR count). The third-order valence-electron chi connectivity index (χ3n) is 7.02. The summed E-state index contributed by atoms with van der Waals surface area (Å²) in [5, 5.41) is 5.66. The number of ether oxygens (including phenoxy) is 2. The molecular weight excluding hydrogens is 498 g/mol. The topological polar surface area (TPSA) is 114 Å². The number of hydrogen-bond donors (Lipinski definition) is 2. The second-order valence-electron chi connectivity index (χ2n) is 11.6. The minimum absolute atomic E-state index is 0.0303. The molecular formula is C30H47N3O6. The van der Waals surface area contributed by atoms with Crippen LogP contribution in [0.5, 0.6) is 0 Å². The highest BCUT2D eigenvalue weighted by Crippen LogP contribution is 2.41. The van der Waals surface area contributed by atoms with Crippen LogP contribution < -0.4 is 10.6 Å². The van der Waals surface area contributed by atoms with E-state index in [-0.39, 0.29) is 49.3 Å². The van der Waals surface area contributed by atoms with Gasteiger partial charge in [-0.2, -0.15) is 0 Å². The van der Waals surface area contributed by atoms with Crippen molar-refractivity contribution in [1.82, 2.24) is 15.5 Å². The summed E-state index contributed by atoms with van der Waals surface area (Å²) in [5.74, 6) is -1.10. The first kappa shape index (κ1) is 32.1. The average molecular weight is 546 g/mol. The van der Waals surface area contributed by atoms with Crippen molar-refractivity contribution in [3.8, 4) is 0 Å². The Morgan fingerprint density at radius 2 is 1.77 bits per heavy atom. The zero-order valence-corrected chi connectivity index (χ0v) is 25.1. The van der Waals surface area contributed by atoms with E-state index < -0.39 is 29.7 Å². The Hall–Kier alpha value is -3.10. The molecule has 1 saturated carbocycles. The van der Waals surface area contributed by atoms with Crippen molar-refractivity contribution in [2.24, 2.45) is 11.8 Å². The predicted octanol–water partition coefficient (Wildman–Crippen LogP) is 4.59. The smallest absolute Gasteiger partial charge is 0.408 e. The zero-order chi connectivity index (χ0) is 29.5. The summed E-state index contributed by atoms with van der Waals surface area (Å²) in [5.41, 5.74) is 1.83. The number of alkyl carbamates (subject to hydrolysis) is 1. The van der Waals surface area contributed by atoms with Crippen LogP contribution in [0, 0.1) is 25.7 Å². The fourth-order valence-corrected chi connectivity index (χ4v) is 4.54. The summed E-state index contributed by atoms with van der Waals surface area (Å²) < 4.78 is 10.5. The molecule has 3 amide bonds. The Labute approximate surface area is 233 Å². The second-order valence-corrected chi connectivity index (χ2v) is 11.6. The maximum absolute atomic E-state index is 14.4. The van der Waals surface area contributed by atoms with Gasteiger partial charge in [0, 0.05) is 12.6 Å². The molecule has 0 heterocycles. The molecule has 0 spiro atoms. The second kappa shape index (κ2) is 13.8. The SMILES string of the molecule is CCOC(=O)CCNC(=O)C(c1cc(C)ccc1C)N(C(=O)C(NC(=O)OC(C)(C)C)C(C)CC)C1CC1C. The number of hydrogen-bond acceptors (Lipinski definition) is 6. The van der Waals surface area contributed by atoms with E-state index in [2.05, 4.69) is 10.6 Å². The highest BCUT2D eigenvalue weighted by atomic mass is 16.6. The summed E-state index contributed by atoms with van der Waals surface area (Å²) in [4.78, 5) is 54.5. The molecule has 9 nitrogen and oxygen atoms in total. The van der Waals surface area contributed by atoms with Gasteiger partial charge in [0.2, 0.25) is 11.8 Å². The number of benzene rings is 1. The van der Waals surface area contributed by atoms with Crippen LogP contribution in [0.15, 0.2) is 18.2 Å². The Morgan fingerprint density at radius 3 is 2.31 bits per heavy atom. The van der Waals surface area contributed by atoms with Gasteiger partial charge in [-0.3, -0.25) is 14.4 Å². The van der Waals surface area contributed by atoms with Gasteiger partial charge >= 0.3 is 12.1 Å². The van der Waals surface area contributed by atoms with Crippen LogP contribution in [0.4, 0.5) is 4.79 Å². The van der Waals surface area contributed by atoms with E-state index in [0.717, 1.165) is 23.1 Å². The van der Waals surface area contributed by atoms with Crippen LogP contribution in [0.2, 0.25) is 0 Å². The van der Waals surface area contributed by atoms with Gasteiger partial charge in [-0.25, -0.2) is 4.79 Å². The molecule has 9 heteroatoms. The lowest BCUT2D eigenvalue weighted by atomic mass is 9.93. The lowest BCUT2D eigenvalue weighted by Gasteiger charge is -2.37. The van der Waals surface area contributed by atoms with Gasteiger partial charge in [-0.1, -0.05) is 51.0 Å². The normalized spacial score (nSPS) is 18.8. The number of carbonyl (C=O) groups excluding carboxylic acids is 4. The summed E-state index contributed by atoms with van der Waals surface area (Å²) in [6, 6.07) is 3.86. The number of aryl methyl sites for hydroxylation is 2. The largest absolute Gasteiger partial charge is 0.466 e. The third-order valence-corrected chi connectivity index (χ3v) is 7.02. The third kappa shape index (κ3) is 9.25. The summed E-state index contributed by atoms with van der Waals surface area (Å²) in [7, 11) is 0. The fraction of sp³-hybridized carbons (Fsp3) is 0.667. The van der Waals surface area contributed by atoms with E-state index in [9.17, 15) is 19.2 Å². The van der Waals surface area contributed by atoms with Crippen LogP contribution in [-0.2, 0) is 23.9 Å². The van der Waals surface area contributed by atoms with Crippen LogP contribution in [-0.4, -0.2) is 59.6 Å². The van der Waals surface area contributed by atoms with Crippen molar-refractivity contribution in [2.75, 3.05) is 13.2 Å². The minimum atomic E-state index is -0.929. The molecule has 0 saturated heterocycles. The lowest BCUT2D eigenvalue weighted by Crippen LogP contribution is -2.56. The van der Waals surface area contributed by atoms with E-state index >= 15 is 0 Å². The van der Waals surface area contributed by atoms with E-state index in [1.807, 2.05) is 52.8 Å². The van der Waals surface area contributed by atoms with Gasteiger partial charge in [-0.05, 0) is 70.9 Å². The van der Waals surface area contributed by atoms with Gasteiger partial charge in [0.1, 0.15) is 17.7 Å². The van der Waals surface area contributed by atoms with Crippen molar-refractivity contribution in [3.05, 3.63) is 34.9 Å². The number of amides is 3. The molecule has 1 fully saturated rings. The predicted molar refractivity (Wildman–Crippen MR) is 150 cm³/mol. The van der Waals surface area contributed by atoms with E-state index in [1.54, 1.807) is 32.6 Å². The van der Waals surface area contributed by atoms with Crippen LogP contribution in [0.3, 0.4) is 0 Å². The number of nitrogens with one attached hydrogen (secondary N) is 2. The van der Waals surface area contributed by atoms with Crippen molar-refractivity contribution >= 4 is 23.9 Å². The van der Waals surface area contributed by atoms with Crippen LogP contribution >= 0.6 is 0 Å². The molecule has 0 bridgehead atoms. The molecule has 5 atom stereocenters. The van der Waals surface area contributed by atoms with Gasteiger partial charge < -0.3 is 25.0 Å². The van der Waals surface area contributed by atoms with E-state index in [4.69, 9.17) is 9.47 Å². The molecule has 39 heavy (non-hydrogen) atoms. The molecule has 1 aliphatic rings. The van der Waals surface area contributed by atoms with Gasteiger partial charge in [0.15, 0.2) is 0 Å². The maximum Gasteiger partial charge on any atom is 0.408 e. The molecule has 1 aromatic carbocycles. The number of carbonyl (C=O) groups is 4. The number of nitrogens with zero attached hydrogens (tertiary/aromatic N) is 1.